The lowest BCUT2D eigenvalue weighted by Crippen LogP contribution is -2.33. The first-order chi connectivity index (χ1) is 8.86. The van der Waals surface area contributed by atoms with Gasteiger partial charge in [-0.25, -0.2) is 0 Å². The molecule has 0 unspecified atom stereocenters. The Hall–Kier alpha value is -2.62. The minimum Gasteiger partial charge on any atom is -0.306 e. The lowest BCUT2D eigenvalue weighted by Gasteiger charge is -2.03. The number of rotatable bonds is 4. The van der Waals surface area contributed by atoms with Gasteiger partial charge in [-0.1, -0.05) is 30.3 Å². The van der Waals surface area contributed by atoms with Gasteiger partial charge in [-0.15, -0.1) is 0 Å². The minimum atomic E-state index is -0.199. The number of hydrogen-bond donors (Lipinski definition) is 2. The first kappa shape index (κ1) is 11.9. The van der Waals surface area contributed by atoms with E-state index in [1.54, 1.807) is 30.7 Å². The van der Waals surface area contributed by atoms with Crippen LogP contribution in [0.4, 0.5) is 0 Å². The van der Waals surface area contributed by atoms with Crippen LogP contribution in [0.25, 0.3) is 6.08 Å². The van der Waals surface area contributed by atoms with Crippen molar-refractivity contribution in [1.82, 2.24) is 15.8 Å². The minimum absolute atomic E-state index is 0.199. The number of hydrazine groups is 1. The van der Waals surface area contributed by atoms with Gasteiger partial charge in [0.25, 0.3) is 5.91 Å². The van der Waals surface area contributed by atoms with Crippen molar-refractivity contribution in [2.75, 3.05) is 0 Å². The van der Waals surface area contributed by atoms with Gasteiger partial charge in [-0.05, 0) is 23.8 Å². The van der Waals surface area contributed by atoms with Crippen molar-refractivity contribution in [1.29, 1.82) is 0 Å². The Morgan fingerprint density at radius 1 is 1.06 bits per heavy atom. The van der Waals surface area contributed by atoms with Gasteiger partial charge in [0, 0.05) is 24.2 Å². The van der Waals surface area contributed by atoms with E-state index in [1.807, 2.05) is 36.4 Å². The standard InChI is InChI=1S/C14H13N3O/c18-14(13-7-9-15-10-8-13)17-16-11-6-12-4-2-1-3-5-12/h1-11,16H,(H,17,18)/b11-6+. The van der Waals surface area contributed by atoms with Gasteiger partial charge in [-0.3, -0.25) is 15.2 Å². The third kappa shape index (κ3) is 3.45. The van der Waals surface area contributed by atoms with Gasteiger partial charge in [-0.2, -0.15) is 0 Å². The molecule has 0 saturated carbocycles. The normalized spacial score (nSPS) is 10.2. The number of aromatic nitrogens is 1. The molecule has 0 saturated heterocycles. The Kier molecular flexibility index (Phi) is 4.08. The van der Waals surface area contributed by atoms with Crippen molar-refractivity contribution in [3.05, 3.63) is 72.2 Å². The first-order valence-electron chi connectivity index (χ1n) is 5.54. The van der Waals surface area contributed by atoms with E-state index in [2.05, 4.69) is 15.8 Å². The molecule has 0 spiro atoms. The first-order valence-corrected chi connectivity index (χ1v) is 5.54. The van der Waals surface area contributed by atoms with Crippen LogP contribution in [0.3, 0.4) is 0 Å². The van der Waals surface area contributed by atoms with Gasteiger partial charge in [0.1, 0.15) is 0 Å². The summed E-state index contributed by atoms with van der Waals surface area (Å²) in [5.74, 6) is -0.199. The van der Waals surface area contributed by atoms with Crippen molar-refractivity contribution in [3.63, 3.8) is 0 Å². The van der Waals surface area contributed by atoms with Crippen LogP contribution in [0.1, 0.15) is 15.9 Å². The molecule has 2 rings (SSSR count). The third-order valence-corrected chi connectivity index (χ3v) is 2.29. The maximum atomic E-state index is 11.6. The van der Waals surface area contributed by atoms with E-state index >= 15 is 0 Å². The summed E-state index contributed by atoms with van der Waals surface area (Å²) in [5, 5.41) is 0. The fourth-order valence-corrected chi connectivity index (χ4v) is 1.38. The molecule has 18 heavy (non-hydrogen) atoms. The second-order valence-electron chi connectivity index (χ2n) is 3.58. The second kappa shape index (κ2) is 6.20. The predicted octanol–water partition coefficient (Wildman–Crippen LogP) is 1.99. The zero-order valence-corrected chi connectivity index (χ0v) is 9.71. The largest absolute Gasteiger partial charge is 0.306 e. The summed E-state index contributed by atoms with van der Waals surface area (Å²) in [7, 11) is 0. The van der Waals surface area contributed by atoms with Crippen molar-refractivity contribution in [3.8, 4) is 0 Å². The molecule has 0 aliphatic carbocycles. The number of carbonyl (C=O) groups excluding carboxylic acids is 1. The summed E-state index contributed by atoms with van der Waals surface area (Å²) in [4.78, 5) is 15.5. The number of pyridine rings is 1. The zero-order valence-electron chi connectivity index (χ0n) is 9.71. The second-order valence-corrected chi connectivity index (χ2v) is 3.58. The van der Waals surface area contributed by atoms with E-state index in [0.717, 1.165) is 5.56 Å². The SMILES string of the molecule is O=C(NN/C=C/c1ccccc1)c1ccncc1. The molecule has 0 aliphatic heterocycles. The highest BCUT2D eigenvalue weighted by molar-refractivity contribution is 5.93. The number of nitrogens with one attached hydrogen (secondary N) is 2. The summed E-state index contributed by atoms with van der Waals surface area (Å²) < 4.78 is 0. The van der Waals surface area contributed by atoms with E-state index in [-0.39, 0.29) is 5.91 Å². The van der Waals surface area contributed by atoms with Gasteiger partial charge >= 0.3 is 0 Å². The van der Waals surface area contributed by atoms with Gasteiger partial charge in [0.2, 0.25) is 0 Å². The highest BCUT2D eigenvalue weighted by Gasteiger charge is 2.01. The summed E-state index contributed by atoms with van der Waals surface area (Å²) in [5.41, 5.74) is 6.92. The maximum Gasteiger partial charge on any atom is 0.269 e. The molecule has 1 heterocycles. The van der Waals surface area contributed by atoms with Crippen molar-refractivity contribution in [2.45, 2.75) is 0 Å². The van der Waals surface area contributed by atoms with Crippen LogP contribution in [-0.4, -0.2) is 10.9 Å². The van der Waals surface area contributed by atoms with E-state index in [0.29, 0.717) is 5.56 Å². The topological polar surface area (TPSA) is 54.0 Å². The molecule has 1 amide bonds. The van der Waals surface area contributed by atoms with E-state index < -0.39 is 0 Å². The molecular formula is C14H13N3O. The molecule has 0 bridgehead atoms. The summed E-state index contributed by atoms with van der Waals surface area (Å²) in [6, 6.07) is 13.1. The quantitative estimate of drug-likeness (QED) is 0.802. The summed E-state index contributed by atoms with van der Waals surface area (Å²) in [6.07, 6.45) is 6.70. The number of benzene rings is 1. The molecule has 90 valence electrons. The Bertz CT molecular complexity index is 523. The smallest absolute Gasteiger partial charge is 0.269 e. The van der Waals surface area contributed by atoms with Crippen LogP contribution in [0.15, 0.2) is 61.1 Å². The zero-order chi connectivity index (χ0) is 12.6. The number of amides is 1. The Labute approximate surface area is 105 Å². The lowest BCUT2D eigenvalue weighted by atomic mass is 10.2. The fraction of sp³-hybridized carbons (Fsp3) is 0. The molecule has 0 fully saturated rings. The van der Waals surface area contributed by atoms with Gasteiger partial charge < -0.3 is 5.43 Å². The van der Waals surface area contributed by atoms with Crippen molar-refractivity contribution >= 4 is 12.0 Å². The average molecular weight is 239 g/mol. The van der Waals surface area contributed by atoms with Crippen molar-refractivity contribution < 1.29 is 4.79 Å². The fourth-order valence-electron chi connectivity index (χ4n) is 1.38. The molecule has 2 N–H and O–H groups in total. The Morgan fingerprint density at radius 2 is 1.78 bits per heavy atom. The Morgan fingerprint density at radius 3 is 2.50 bits per heavy atom. The molecule has 0 aliphatic rings. The van der Waals surface area contributed by atoms with Crippen LogP contribution in [-0.2, 0) is 0 Å². The summed E-state index contributed by atoms with van der Waals surface area (Å²) >= 11 is 0. The average Bonchev–Trinajstić information content (AvgIpc) is 2.45. The molecule has 1 aromatic carbocycles. The molecule has 2 aromatic rings. The number of hydrogen-bond acceptors (Lipinski definition) is 3. The molecular weight excluding hydrogens is 226 g/mol. The van der Waals surface area contributed by atoms with E-state index in [4.69, 9.17) is 0 Å². The molecule has 1 aromatic heterocycles. The van der Waals surface area contributed by atoms with Crippen LogP contribution in [0, 0.1) is 0 Å². The van der Waals surface area contributed by atoms with E-state index in [9.17, 15) is 4.79 Å². The number of nitrogens with zero attached hydrogens (tertiary/aromatic N) is 1. The maximum absolute atomic E-state index is 11.6. The van der Waals surface area contributed by atoms with E-state index in [1.165, 1.54) is 0 Å². The van der Waals surface area contributed by atoms with Crippen molar-refractivity contribution in [2.24, 2.45) is 0 Å². The van der Waals surface area contributed by atoms with Crippen LogP contribution < -0.4 is 10.9 Å². The van der Waals surface area contributed by atoms with Crippen LogP contribution in [0.5, 0.6) is 0 Å². The monoisotopic (exact) mass is 239 g/mol. The van der Waals surface area contributed by atoms with Gasteiger partial charge in [0.15, 0.2) is 0 Å². The number of carbonyl (C=O) groups is 1. The van der Waals surface area contributed by atoms with Gasteiger partial charge in [0.05, 0.1) is 0 Å². The Balaban J connectivity index is 1.83. The summed E-state index contributed by atoms with van der Waals surface area (Å²) in [6.45, 7) is 0. The molecule has 0 radical (unpaired) electrons. The highest BCUT2D eigenvalue weighted by atomic mass is 16.2. The van der Waals surface area contributed by atoms with Crippen LogP contribution >= 0.6 is 0 Å². The van der Waals surface area contributed by atoms with Crippen LogP contribution in [0.2, 0.25) is 0 Å². The predicted molar refractivity (Wildman–Crippen MR) is 70.3 cm³/mol. The molecule has 4 heteroatoms. The molecule has 0 atom stereocenters. The molecule has 4 nitrogen and oxygen atoms in total. The lowest BCUT2D eigenvalue weighted by molar-refractivity contribution is 0.0941. The third-order valence-electron chi connectivity index (χ3n) is 2.29. The highest BCUT2D eigenvalue weighted by Crippen LogP contribution is 1.99.